The van der Waals surface area contributed by atoms with Crippen molar-refractivity contribution in [2.45, 2.75) is 25.7 Å². The molecule has 0 spiro atoms. The highest BCUT2D eigenvalue weighted by molar-refractivity contribution is 6.07. The van der Waals surface area contributed by atoms with Gasteiger partial charge in [0.2, 0.25) is 5.91 Å². The molecular formula is C20H29N3O3. The minimum Gasteiger partial charge on any atom is -0.493 e. The summed E-state index contributed by atoms with van der Waals surface area (Å²) >= 11 is 0. The number of ether oxygens (including phenoxy) is 2. The molecule has 0 bridgehead atoms. The van der Waals surface area contributed by atoms with Crippen molar-refractivity contribution >= 4 is 11.6 Å². The quantitative estimate of drug-likeness (QED) is 0.783. The van der Waals surface area contributed by atoms with Gasteiger partial charge in [0.15, 0.2) is 11.5 Å². The number of fused-ring (bicyclic) bond motifs is 1. The predicted molar refractivity (Wildman–Crippen MR) is 102 cm³/mol. The molecule has 1 fully saturated rings. The molecule has 2 aliphatic rings. The number of likely N-dealkylation sites (N-methyl/N-ethyl adjacent to an activating group) is 1. The summed E-state index contributed by atoms with van der Waals surface area (Å²) in [6, 6.07) is 5.91. The first-order valence-corrected chi connectivity index (χ1v) is 9.32. The fraction of sp³-hybridized carbons (Fsp3) is 0.600. The summed E-state index contributed by atoms with van der Waals surface area (Å²) in [7, 11) is 7.29. The van der Waals surface area contributed by atoms with E-state index in [1.807, 2.05) is 32.3 Å². The van der Waals surface area contributed by atoms with E-state index in [9.17, 15) is 4.79 Å². The van der Waals surface area contributed by atoms with Crippen molar-refractivity contribution in [1.29, 1.82) is 0 Å². The number of hydrogen-bond donors (Lipinski definition) is 0. The predicted octanol–water partition coefficient (Wildman–Crippen LogP) is 2.62. The highest BCUT2D eigenvalue weighted by Crippen LogP contribution is 2.38. The lowest BCUT2D eigenvalue weighted by molar-refractivity contribution is -0.139. The van der Waals surface area contributed by atoms with Crippen molar-refractivity contribution in [3.05, 3.63) is 23.8 Å². The average Bonchev–Trinajstić information content (AvgIpc) is 2.67. The molecule has 1 aliphatic carbocycles. The summed E-state index contributed by atoms with van der Waals surface area (Å²) in [4.78, 5) is 15.0. The van der Waals surface area contributed by atoms with E-state index in [4.69, 9.17) is 14.6 Å². The van der Waals surface area contributed by atoms with Crippen LogP contribution in [0.25, 0.3) is 0 Å². The number of nitrogens with zero attached hydrogens (tertiary/aromatic N) is 3. The average molecular weight is 359 g/mol. The van der Waals surface area contributed by atoms with Crippen molar-refractivity contribution in [3.8, 4) is 11.5 Å². The number of amides is 1. The Kier molecular flexibility index (Phi) is 5.81. The van der Waals surface area contributed by atoms with Crippen molar-refractivity contribution < 1.29 is 14.3 Å². The number of benzene rings is 1. The van der Waals surface area contributed by atoms with Gasteiger partial charge in [0.25, 0.3) is 0 Å². The first kappa shape index (κ1) is 18.7. The monoisotopic (exact) mass is 359 g/mol. The molecule has 1 saturated carbocycles. The minimum absolute atomic E-state index is 0.0477. The van der Waals surface area contributed by atoms with Gasteiger partial charge in [0.1, 0.15) is 0 Å². The molecule has 3 rings (SSSR count). The van der Waals surface area contributed by atoms with Crippen molar-refractivity contribution in [2.75, 3.05) is 41.4 Å². The van der Waals surface area contributed by atoms with E-state index in [2.05, 4.69) is 4.90 Å². The maximum atomic E-state index is 12.9. The number of hydrogen-bond acceptors (Lipinski definition) is 5. The van der Waals surface area contributed by atoms with E-state index in [-0.39, 0.29) is 17.7 Å². The van der Waals surface area contributed by atoms with Crippen LogP contribution in [-0.4, -0.2) is 62.9 Å². The standard InChI is InChI=1S/C20H29N3O3/c1-22(2)11-12-23-20(24)16-8-6-5-7-15(16)19(21-23)14-9-10-17(25-3)18(13-14)26-4/h9-10,13,15-16H,5-8,11-12H2,1-4H3. The van der Waals surface area contributed by atoms with Gasteiger partial charge >= 0.3 is 0 Å². The molecule has 26 heavy (non-hydrogen) atoms. The largest absolute Gasteiger partial charge is 0.493 e. The van der Waals surface area contributed by atoms with Crippen LogP contribution in [0.3, 0.4) is 0 Å². The third-order valence-corrected chi connectivity index (χ3v) is 5.36. The molecule has 6 heteroatoms. The van der Waals surface area contributed by atoms with Gasteiger partial charge in [-0.1, -0.05) is 12.8 Å². The van der Waals surface area contributed by atoms with Gasteiger partial charge in [-0.3, -0.25) is 4.79 Å². The van der Waals surface area contributed by atoms with Crippen LogP contribution >= 0.6 is 0 Å². The van der Waals surface area contributed by atoms with Crippen LogP contribution < -0.4 is 9.47 Å². The Morgan fingerprint density at radius 2 is 1.81 bits per heavy atom. The number of carbonyl (C=O) groups is 1. The molecule has 1 aromatic carbocycles. The van der Waals surface area contributed by atoms with Crippen LogP contribution in [0.1, 0.15) is 31.2 Å². The fourth-order valence-electron chi connectivity index (χ4n) is 3.92. The lowest BCUT2D eigenvalue weighted by Crippen LogP contribution is -2.47. The summed E-state index contributed by atoms with van der Waals surface area (Å²) in [5.41, 5.74) is 2.02. The lowest BCUT2D eigenvalue weighted by Gasteiger charge is -2.39. The topological polar surface area (TPSA) is 54.4 Å². The van der Waals surface area contributed by atoms with E-state index < -0.39 is 0 Å². The highest BCUT2D eigenvalue weighted by atomic mass is 16.5. The zero-order chi connectivity index (χ0) is 18.7. The molecule has 1 aliphatic heterocycles. The number of methoxy groups -OCH3 is 2. The highest BCUT2D eigenvalue weighted by Gasteiger charge is 2.41. The van der Waals surface area contributed by atoms with Gasteiger partial charge in [0.05, 0.1) is 26.5 Å². The summed E-state index contributed by atoms with van der Waals surface area (Å²) in [5.74, 6) is 1.82. The van der Waals surface area contributed by atoms with Crippen LogP contribution in [0, 0.1) is 11.8 Å². The number of carbonyl (C=O) groups excluding carboxylic acids is 1. The second kappa shape index (κ2) is 8.08. The molecular weight excluding hydrogens is 330 g/mol. The molecule has 1 aromatic rings. The Bertz CT molecular complexity index is 687. The van der Waals surface area contributed by atoms with Crippen molar-refractivity contribution in [3.63, 3.8) is 0 Å². The third kappa shape index (κ3) is 3.70. The zero-order valence-electron chi connectivity index (χ0n) is 16.2. The summed E-state index contributed by atoms with van der Waals surface area (Å²) < 4.78 is 10.8. The Balaban J connectivity index is 1.98. The Morgan fingerprint density at radius 3 is 2.46 bits per heavy atom. The number of rotatable bonds is 6. The fourth-order valence-corrected chi connectivity index (χ4v) is 3.92. The van der Waals surface area contributed by atoms with Crippen LogP contribution in [0.2, 0.25) is 0 Å². The first-order chi connectivity index (χ1) is 12.5. The lowest BCUT2D eigenvalue weighted by atomic mass is 9.73. The van der Waals surface area contributed by atoms with E-state index >= 15 is 0 Å². The maximum Gasteiger partial charge on any atom is 0.246 e. The van der Waals surface area contributed by atoms with E-state index in [1.165, 1.54) is 0 Å². The summed E-state index contributed by atoms with van der Waals surface area (Å²) in [5, 5.41) is 6.48. The summed E-state index contributed by atoms with van der Waals surface area (Å²) in [6.07, 6.45) is 4.24. The molecule has 0 N–H and O–H groups in total. The Morgan fingerprint density at radius 1 is 1.12 bits per heavy atom. The Hall–Kier alpha value is -2.08. The van der Waals surface area contributed by atoms with E-state index in [0.29, 0.717) is 18.0 Å². The van der Waals surface area contributed by atoms with Crippen LogP contribution in [0.15, 0.2) is 23.3 Å². The van der Waals surface area contributed by atoms with Crippen molar-refractivity contribution in [1.82, 2.24) is 9.91 Å². The maximum absolute atomic E-state index is 12.9. The molecule has 6 nitrogen and oxygen atoms in total. The molecule has 0 aromatic heterocycles. The van der Waals surface area contributed by atoms with Gasteiger partial charge in [0, 0.05) is 23.9 Å². The van der Waals surface area contributed by atoms with Crippen molar-refractivity contribution in [2.24, 2.45) is 16.9 Å². The molecule has 2 atom stereocenters. The second-order valence-electron chi connectivity index (χ2n) is 7.32. The normalized spacial score (nSPS) is 22.9. The SMILES string of the molecule is COc1ccc(C2=NN(CCN(C)C)C(=O)C3CCCCC23)cc1OC. The molecule has 142 valence electrons. The molecule has 0 radical (unpaired) electrons. The minimum atomic E-state index is 0.0477. The van der Waals surface area contributed by atoms with Gasteiger partial charge in [-0.15, -0.1) is 0 Å². The third-order valence-electron chi connectivity index (χ3n) is 5.36. The van der Waals surface area contributed by atoms with Crippen LogP contribution in [-0.2, 0) is 4.79 Å². The zero-order valence-corrected chi connectivity index (χ0v) is 16.2. The smallest absolute Gasteiger partial charge is 0.246 e. The first-order valence-electron chi connectivity index (χ1n) is 9.32. The summed E-state index contributed by atoms with van der Waals surface area (Å²) in [6.45, 7) is 1.41. The van der Waals surface area contributed by atoms with E-state index in [0.717, 1.165) is 43.5 Å². The molecule has 1 amide bonds. The van der Waals surface area contributed by atoms with Gasteiger partial charge in [-0.2, -0.15) is 5.10 Å². The van der Waals surface area contributed by atoms with Crippen LogP contribution in [0.4, 0.5) is 0 Å². The Labute approximate surface area is 155 Å². The number of hydrazone groups is 1. The van der Waals surface area contributed by atoms with Crippen LogP contribution in [0.5, 0.6) is 11.5 Å². The molecule has 0 saturated heterocycles. The van der Waals surface area contributed by atoms with E-state index in [1.54, 1.807) is 19.2 Å². The van der Waals surface area contributed by atoms with Gasteiger partial charge in [-0.05, 0) is 45.1 Å². The second-order valence-corrected chi connectivity index (χ2v) is 7.32. The van der Waals surface area contributed by atoms with Gasteiger partial charge in [-0.25, -0.2) is 5.01 Å². The molecule has 1 heterocycles. The van der Waals surface area contributed by atoms with Gasteiger partial charge < -0.3 is 14.4 Å². The molecule has 2 unspecified atom stereocenters.